The average Bonchev–Trinajstić information content (AvgIpc) is 3.08. The van der Waals surface area contributed by atoms with Gasteiger partial charge in [-0.2, -0.15) is 0 Å². The van der Waals surface area contributed by atoms with Crippen LogP contribution in [-0.4, -0.2) is 65.0 Å². The molecule has 7 heteroatoms. The Bertz CT molecular complexity index is 1090. The summed E-state index contributed by atoms with van der Waals surface area (Å²) < 4.78 is 5.25. The van der Waals surface area contributed by atoms with Crippen LogP contribution >= 0.6 is 0 Å². The normalized spacial score (nSPS) is 17.6. The second kappa shape index (κ2) is 10.7. The van der Waals surface area contributed by atoms with Crippen LogP contribution < -0.4 is 4.74 Å². The molecule has 0 radical (unpaired) electrons. The van der Waals surface area contributed by atoms with Crippen LogP contribution in [0.1, 0.15) is 48.6 Å². The first-order valence-electron chi connectivity index (χ1n) is 11.7. The molecule has 3 rings (SSSR count). The zero-order chi connectivity index (χ0) is 25.0. The van der Waals surface area contributed by atoms with Crippen molar-refractivity contribution in [3.05, 3.63) is 64.2 Å². The minimum Gasteiger partial charge on any atom is -0.507 e. The summed E-state index contributed by atoms with van der Waals surface area (Å²) >= 11 is 0. The van der Waals surface area contributed by atoms with E-state index in [-0.39, 0.29) is 22.6 Å². The SMILES string of the molecule is CCN(CC)CCCN1C(=O)C(=O)/C(=C(/O)c2cc(C)c(C)cc2O)C1c1ccc(OC)cc1. The predicted octanol–water partition coefficient (Wildman–Crippen LogP) is 4.17. The fraction of sp³-hybridized carbons (Fsp3) is 0.407. The molecule has 0 aliphatic carbocycles. The molecule has 1 aliphatic rings. The summed E-state index contributed by atoms with van der Waals surface area (Å²) in [6.07, 6.45) is 0.691. The van der Waals surface area contributed by atoms with Crippen molar-refractivity contribution < 1.29 is 24.5 Å². The highest BCUT2D eigenvalue weighted by atomic mass is 16.5. The number of phenolic OH excluding ortho intramolecular Hbond substituents is 1. The van der Waals surface area contributed by atoms with Crippen LogP contribution in [0.3, 0.4) is 0 Å². The molecular weight excluding hydrogens is 432 g/mol. The summed E-state index contributed by atoms with van der Waals surface area (Å²) in [5.41, 5.74) is 2.53. The van der Waals surface area contributed by atoms with Gasteiger partial charge in [0.05, 0.1) is 24.3 Å². The highest BCUT2D eigenvalue weighted by molar-refractivity contribution is 6.46. The Kier molecular flexibility index (Phi) is 7.99. The second-order valence-electron chi connectivity index (χ2n) is 8.60. The number of likely N-dealkylation sites (tertiary alicyclic amines) is 1. The molecule has 0 bridgehead atoms. The number of rotatable bonds is 9. The standard InChI is InChI=1S/C27H34N2O5/c1-6-28(7-2)13-8-14-29-24(19-9-11-20(34-5)12-10-19)23(26(32)27(29)33)25(31)21-15-17(3)18(4)16-22(21)30/h9-12,15-16,24,30-31H,6-8,13-14H2,1-5H3/b25-23+. The number of amides is 1. The number of nitrogens with zero attached hydrogens (tertiary/aromatic N) is 2. The van der Waals surface area contributed by atoms with Gasteiger partial charge in [-0.05, 0) is 80.9 Å². The number of hydrogen-bond donors (Lipinski definition) is 2. The summed E-state index contributed by atoms with van der Waals surface area (Å²) in [5.74, 6) is -1.26. The number of ketones is 1. The predicted molar refractivity (Wildman–Crippen MR) is 132 cm³/mol. The van der Waals surface area contributed by atoms with Crippen molar-refractivity contribution in [3.63, 3.8) is 0 Å². The Labute approximate surface area is 201 Å². The molecule has 2 N–H and O–H groups in total. The lowest BCUT2D eigenvalue weighted by molar-refractivity contribution is -0.140. The lowest BCUT2D eigenvalue weighted by Crippen LogP contribution is -2.33. The minimum atomic E-state index is -0.761. The maximum atomic E-state index is 13.2. The van der Waals surface area contributed by atoms with Crippen LogP contribution in [0, 0.1) is 13.8 Å². The van der Waals surface area contributed by atoms with Gasteiger partial charge in [0.2, 0.25) is 0 Å². The summed E-state index contributed by atoms with van der Waals surface area (Å²) in [7, 11) is 1.57. The fourth-order valence-corrected chi connectivity index (χ4v) is 4.38. The highest BCUT2D eigenvalue weighted by Crippen LogP contribution is 2.41. The molecule has 1 atom stereocenters. The zero-order valence-electron chi connectivity index (χ0n) is 20.6. The molecule has 34 heavy (non-hydrogen) atoms. The Hall–Kier alpha value is -3.32. The van der Waals surface area contributed by atoms with Gasteiger partial charge in [0.15, 0.2) is 0 Å². The number of Topliss-reactive ketones (excluding diaryl/α,β-unsaturated/α-hetero) is 1. The molecule has 7 nitrogen and oxygen atoms in total. The van der Waals surface area contributed by atoms with Crippen LogP contribution in [0.4, 0.5) is 0 Å². The number of hydrogen-bond acceptors (Lipinski definition) is 6. The maximum absolute atomic E-state index is 13.2. The Balaban J connectivity index is 2.09. The van der Waals surface area contributed by atoms with E-state index in [1.807, 2.05) is 13.8 Å². The third-order valence-electron chi connectivity index (χ3n) is 6.61. The first kappa shape index (κ1) is 25.3. The maximum Gasteiger partial charge on any atom is 0.295 e. The largest absolute Gasteiger partial charge is 0.507 e. The Morgan fingerprint density at radius 1 is 1.06 bits per heavy atom. The average molecular weight is 467 g/mol. The molecule has 1 aliphatic heterocycles. The molecule has 1 fully saturated rings. The van der Waals surface area contributed by atoms with Crippen LogP contribution in [0.25, 0.3) is 5.76 Å². The van der Waals surface area contributed by atoms with Gasteiger partial charge >= 0.3 is 0 Å². The van der Waals surface area contributed by atoms with Crippen molar-refractivity contribution in [2.75, 3.05) is 33.3 Å². The third kappa shape index (κ3) is 4.94. The molecule has 1 amide bonds. The van der Waals surface area contributed by atoms with E-state index < -0.39 is 17.7 Å². The van der Waals surface area contributed by atoms with Crippen LogP contribution in [0.5, 0.6) is 11.5 Å². The molecule has 1 heterocycles. The van der Waals surface area contributed by atoms with E-state index in [2.05, 4.69) is 18.7 Å². The van der Waals surface area contributed by atoms with Gasteiger partial charge in [-0.25, -0.2) is 0 Å². The second-order valence-corrected chi connectivity index (χ2v) is 8.60. The monoisotopic (exact) mass is 466 g/mol. The minimum absolute atomic E-state index is 0.0171. The Morgan fingerprint density at radius 2 is 1.68 bits per heavy atom. The number of aryl methyl sites for hydroxylation is 2. The number of benzene rings is 2. The molecule has 2 aromatic rings. The number of phenols is 1. The zero-order valence-corrected chi connectivity index (χ0v) is 20.6. The van der Waals surface area contributed by atoms with Gasteiger partial charge in [0, 0.05) is 6.54 Å². The van der Waals surface area contributed by atoms with Crippen molar-refractivity contribution in [2.45, 2.75) is 40.2 Å². The van der Waals surface area contributed by atoms with E-state index in [0.29, 0.717) is 24.3 Å². The quantitative estimate of drug-likeness (QED) is 0.328. The molecular formula is C27H34N2O5. The molecule has 2 aromatic carbocycles. The van der Waals surface area contributed by atoms with Crippen LogP contribution in [0.15, 0.2) is 42.0 Å². The van der Waals surface area contributed by atoms with Gasteiger partial charge < -0.3 is 24.7 Å². The Morgan fingerprint density at radius 3 is 2.26 bits per heavy atom. The molecule has 0 aromatic heterocycles. The summed E-state index contributed by atoms with van der Waals surface area (Å²) in [6.45, 7) is 10.9. The number of aliphatic hydroxyl groups excluding tert-OH is 1. The number of ether oxygens (including phenoxy) is 1. The van der Waals surface area contributed by atoms with Crippen molar-refractivity contribution in [1.29, 1.82) is 0 Å². The first-order chi connectivity index (χ1) is 16.2. The highest BCUT2D eigenvalue weighted by Gasteiger charge is 2.46. The topological polar surface area (TPSA) is 90.3 Å². The van der Waals surface area contributed by atoms with Crippen LogP contribution in [0.2, 0.25) is 0 Å². The number of carbonyl (C=O) groups excluding carboxylic acids is 2. The number of aliphatic hydroxyl groups is 1. The third-order valence-corrected chi connectivity index (χ3v) is 6.61. The van der Waals surface area contributed by atoms with Gasteiger partial charge in [0.25, 0.3) is 11.7 Å². The number of carbonyl (C=O) groups is 2. The molecule has 1 unspecified atom stereocenters. The molecule has 1 saturated heterocycles. The van der Waals surface area contributed by atoms with E-state index in [0.717, 1.165) is 30.8 Å². The lowest BCUT2D eigenvalue weighted by atomic mass is 9.93. The van der Waals surface area contributed by atoms with Gasteiger partial charge in [0.1, 0.15) is 17.3 Å². The van der Waals surface area contributed by atoms with E-state index in [1.165, 1.54) is 4.90 Å². The lowest BCUT2D eigenvalue weighted by Gasteiger charge is -2.27. The molecule has 0 saturated carbocycles. The van der Waals surface area contributed by atoms with E-state index in [1.54, 1.807) is 43.5 Å². The van der Waals surface area contributed by atoms with Gasteiger partial charge in [-0.3, -0.25) is 9.59 Å². The van der Waals surface area contributed by atoms with Crippen LogP contribution in [-0.2, 0) is 9.59 Å². The van der Waals surface area contributed by atoms with Gasteiger partial charge in [-0.1, -0.05) is 26.0 Å². The first-order valence-corrected chi connectivity index (χ1v) is 11.7. The van der Waals surface area contributed by atoms with E-state index >= 15 is 0 Å². The van der Waals surface area contributed by atoms with Crippen molar-refractivity contribution in [2.24, 2.45) is 0 Å². The smallest absolute Gasteiger partial charge is 0.295 e. The number of aromatic hydroxyl groups is 1. The summed E-state index contributed by atoms with van der Waals surface area (Å²) in [6, 6.07) is 9.54. The summed E-state index contributed by atoms with van der Waals surface area (Å²) in [4.78, 5) is 30.1. The number of methoxy groups -OCH3 is 1. The fourth-order valence-electron chi connectivity index (χ4n) is 4.38. The van der Waals surface area contributed by atoms with Gasteiger partial charge in [-0.15, -0.1) is 0 Å². The molecule has 182 valence electrons. The van der Waals surface area contributed by atoms with Crippen molar-refractivity contribution >= 4 is 17.4 Å². The van der Waals surface area contributed by atoms with E-state index in [4.69, 9.17) is 4.74 Å². The molecule has 0 spiro atoms. The summed E-state index contributed by atoms with van der Waals surface area (Å²) in [5, 5.41) is 21.8. The van der Waals surface area contributed by atoms with Crippen molar-refractivity contribution in [3.8, 4) is 11.5 Å². The van der Waals surface area contributed by atoms with Crippen molar-refractivity contribution in [1.82, 2.24) is 9.80 Å². The van der Waals surface area contributed by atoms with E-state index in [9.17, 15) is 19.8 Å².